The zero-order chi connectivity index (χ0) is 18.6. The Kier molecular flexibility index (Phi) is 5.78. The highest BCUT2D eigenvalue weighted by Crippen LogP contribution is 2.47. The molecule has 2 rings (SSSR count). The number of anilines is 1. The van der Waals surface area contributed by atoms with Gasteiger partial charge in [0.25, 0.3) is 0 Å². The lowest BCUT2D eigenvalue weighted by Gasteiger charge is -2.20. The summed E-state index contributed by atoms with van der Waals surface area (Å²) in [4.78, 5) is 22.8. The van der Waals surface area contributed by atoms with Gasteiger partial charge in [-0.2, -0.15) is 10.9 Å². The van der Waals surface area contributed by atoms with Crippen LogP contribution < -0.4 is 5.32 Å². The van der Waals surface area contributed by atoms with Crippen molar-refractivity contribution in [3.05, 3.63) is 52.0 Å². The van der Waals surface area contributed by atoms with Gasteiger partial charge in [0.05, 0.1) is 11.3 Å². The molecule has 1 aromatic rings. The van der Waals surface area contributed by atoms with Crippen molar-refractivity contribution in [2.45, 2.75) is 25.5 Å². The number of carbonyl (C=O) groups excluding carboxylic acids is 1. The molecule has 5 nitrogen and oxygen atoms in total. The van der Waals surface area contributed by atoms with E-state index in [1.54, 1.807) is 18.4 Å². The van der Waals surface area contributed by atoms with Gasteiger partial charge in [0, 0.05) is 12.2 Å². The first-order valence-corrected chi connectivity index (χ1v) is 8.86. The maximum atomic E-state index is 12.4. The van der Waals surface area contributed by atoms with Gasteiger partial charge in [0.15, 0.2) is 0 Å². The summed E-state index contributed by atoms with van der Waals surface area (Å²) in [5, 5.41) is 13.2. The number of allylic oxidation sites excluding steroid dienone is 2. The third kappa shape index (κ3) is 5.28. The number of aromatic carboxylic acids is 1. The van der Waals surface area contributed by atoms with Crippen molar-refractivity contribution in [1.82, 2.24) is 0 Å². The van der Waals surface area contributed by atoms with Crippen molar-refractivity contribution in [3.63, 3.8) is 0 Å². The SMILES string of the molecule is CCC(=O)Nc1ccc(C[SH]2C=CC=C2OC(F)(F)F)cc1C(=O)O. The fourth-order valence-electron chi connectivity index (χ4n) is 2.15. The lowest BCUT2D eigenvalue weighted by molar-refractivity contribution is -0.300. The van der Waals surface area contributed by atoms with Crippen LogP contribution in [0.25, 0.3) is 0 Å². The molecule has 0 spiro atoms. The fourth-order valence-corrected chi connectivity index (χ4v) is 3.94. The van der Waals surface area contributed by atoms with Gasteiger partial charge in [-0.05, 0) is 29.2 Å². The summed E-state index contributed by atoms with van der Waals surface area (Å²) in [5.74, 6) is -1.36. The molecule has 1 amide bonds. The van der Waals surface area contributed by atoms with Gasteiger partial charge in [-0.15, -0.1) is 13.2 Å². The number of carbonyl (C=O) groups is 2. The normalized spacial score (nSPS) is 17.9. The third-order valence-corrected chi connectivity index (χ3v) is 5.32. The number of rotatable bonds is 6. The number of carboxylic acid groups (broad SMARTS) is 1. The predicted molar refractivity (Wildman–Crippen MR) is 89.4 cm³/mol. The molecule has 1 aromatic carbocycles. The van der Waals surface area contributed by atoms with Gasteiger partial charge >= 0.3 is 12.3 Å². The van der Waals surface area contributed by atoms with Crippen molar-refractivity contribution in [1.29, 1.82) is 0 Å². The number of halogens is 3. The number of benzene rings is 1. The molecule has 0 saturated heterocycles. The molecule has 1 atom stereocenters. The lowest BCUT2D eigenvalue weighted by Crippen LogP contribution is -2.14. The van der Waals surface area contributed by atoms with Crippen molar-refractivity contribution >= 4 is 28.5 Å². The highest BCUT2D eigenvalue weighted by Gasteiger charge is 2.34. The molecule has 2 N–H and O–H groups in total. The molecule has 1 heterocycles. The summed E-state index contributed by atoms with van der Waals surface area (Å²) in [6, 6.07) is 4.38. The number of hydrogen-bond donors (Lipinski definition) is 3. The second-order valence-corrected chi connectivity index (χ2v) is 7.10. The Morgan fingerprint density at radius 3 is 2.64 bits per heavy atom. The van der Waals surface area contributed by atoms with Crippen LogP contribution >= 0.6 is 10.9 Å². The van der Waals surface area contributed by atoms with Gasteiger partial charge in [-0.25, -0.2) is 4.79 Å². The molecule has 0 aromatic heterocycles. The van der Waals surface area contributed by atoms with E-state index in [2.05, 4.69) is 10.1 Å². The van der Waals surface area contributed by atoms with Crippen LogP contribution in [0.5, 0.6) is 0 Å². The maximum absolute atomic E-state index is 12.4. The first-order valence-electron chi connectivity index (χ1n) is 7.26. The first-order chi connectivity index (χ1) is 11.7. The Morgan fingerprint density at radius 2 is 2.04 bits per heavy atom. The minimum Gasteiger partial charge on any atom is -0.478 e. The van der Waals surface area contributed by atoms with Crippen molar-refractivity contribution in [3.8, 4) is 0 Å². The topological polar surface area (TPSA) is 75.6 Å². The molecule has 136 valence electrons. The fraction of sp³-hybridized carbons (Fsp3) is 0.250. The summed E-state index contributed by atoms with van der Waals surface area (Å²) >= 11 is 0. The monoisotopic (exact) mass is 375 g/mol. The van der Waals surface area contributed by atoms with E-state index in [1.165, 1.54) is 24.3 Å². The van der Waals surface area contributed by atoms with Crippen LogP contribution in [0.3, 0.4) is 0 Å². The van der Waals surface area contributed by atoms with Gasteiger partial charge in [-0.1, -0.05) is 19.1 Å². The number of hydrogen-bond acceptors (Lipinski definition) is 3. The minimum absolute atomic E-state index is 0.111. The molecular formula is C16H16F3NO4S. The van der Waals surface area contributed by atoms with Crippen LogP contribution in [-0.4, -0.2) is 23.3 Å². The maximum Gasteiger partial charge on any atom is 0.573 e. The Balaban J connectivity index is 2.19. The first kappa shape index (κ1) is 18.9. The van der Waals surface area contributed by atoms with Crippen LogP contribution in [0, 0.1) is 0 Å². The molecule has 0 aliphatic carbocycles. The molecule has 0 radical (unpaired) electrons. The van der Waals surface area contributed by atoms with Crippen LogP contribution in [0.1, 0.15) is 29.3 Å². The van der Waals surface area contributed by atoms with Crippen molar-refractivity contribution < 1.29 is 32.6 Å². The highest BCUT2D eigenvalue weighted by molar-refractivity contribution is 8.22. The number of thiol groups is 1. The van der Waals surface area contributed by atoms with Crippen molar-refractivity contribution in [2.75, 3.05) is 5.32 Å². The zero-order valence-electron chi connectivity index (χ0n) is 13.1. The van der Waals surface area contributed by atoms with E-state index >= 15 is 0 Å². The number of alkyl halides is 3. The molecule has 1 aliphatic heterocycles. The Hall–Kier alpha value is -2.42. The quantitative estimate of drug-likeness (QED) is 0.653. The molecule has 0 bridgehead atoms. The highest BCUT2D eigenvalue weighted by atomic mass is 32.2. The average molecular weight is 375 g/mol. The number of ether oxygens (including phenoxy) is 1. The van der Waals surface area contributed by atoms with E-state index < -0.39 is 23.2 Å². The largest absolute Gasteiger partial charge is 0.573 e. The second-order valence-electron chi connectivity index (χ2n) is 5.11. The van der Waals surface area contributed by atoms with E-state index in [9.17, 15) is 27.9 Å². The zero-order valence-corrected chi connectivity index (χ0v) is 14.0. The van der Waals surface area contributed by atoms with E-state index in [0.717, 1.165) is 0 Å². The summed E-state index contributed by atoms with van der Waals surface area (Å²) in [6.07, 6.45) is -1.83. The number of amides is 1. The Bertz CT molecular complexity index is 743. The standard InChI is InChI=1S/C16H16F3NO4S/c1-2-13(21)20-12-6-5-10(8-11(12)15(22)23)9-25-7-3-4-14(25)24-16(17,18)19/h3-8,25H,2,9H2,1H3,(H,20,21)(H,22,23). The lowest BCUT2D eigenvalue weighted by atomic mass is 10.1. The van der Waals surface area contributed by atoms with Crippen LogP contribution in [-0.2, 0) is 15.3 Å². The van der Waals surface area contributed by atoms with Crippen LogP contribution in [0.4, 0.5) is 18.9 Å². The van der Waals surface area contributed by atoms with Crippen LogP contribution in [0.2, 0.25) is 0 Å². The van der Waals surface area contributed by atoms with Crippen molar-refractivity contribution in [2.24, 2.45) is 0 Å². The molecule has 1 unspecified atom stereocenters. The Labute approximate surface area is 144 Å². The van der Waals surface area contributed by atoms with E-state index in [0.29, 0.717) is 5.56 Å². The smallest absolute Gasteiger partial charge is 0.478 e. The van der Waals surface area contributed by atoms with E-state index in [4.69, 9.17) is 0 Å². The molecule has 0 saturated carbocycles. The van der Waals surface area contributed by atoms with E-state index in [1.807, 2.05) is 0 Å². The summed E-state index contributed by atoms with van der Waals surface area (Å²) < 4.78 is 41.2. The molecule has 0 fully saturated rings. The van der Waals surface area contributed by atoms with Gasteiger partial charge < -0.3 is 15.2 Å². The molecular weight excluding hydrogens is 359 g/mol. The summed E-state index contributed by atoms with van der Waals surface area (Å²) in [5.41, 5.74) is 0.584. The third-order valence-electron chi connectivity index (χ3n) is 3.27. The van der Waals surface area contributed by atoms with E-state index in [-0.39, 0.29) is 34.4 Å². The number of nitrogens with one attached hydrogen (secondary N) is 1. The molecule has 9 heteroatoms. The average Bonchev–Trinajstić information content (AvgIpc) is 2.93. The summed E-state index contributed by atoms with van der Waals surface area (Å²) in [6.45, 7) is 1.63. The molecule has 25 heavy (non-hydrogen) atoms. The predicted octanol–water partition coefficient (Wildman–Crippen LogP) is 4.14. The molecule has 1 aliphatic rings. The van der Waals surface area contributed by atoms with Crippen LogP contribution in [0.15, 0.2) is 40.9 Å². The number of carboxylic acids is 1. The minimum atomic E-state index is -4.76. The van der Waals surface area contributed by atoms with Gasteiger partial charge in [-0.3, -0.25) is 4.79 Å². The Morgan fingerprint density at radius 1 is 1.32 bits per heavy atom. The van der Waals surface area contributed by atoms with Gasteiger partial charge in [0.2, 0.25) is 5.91 Å². The summed E-state index contributed by atoms with van der Waals surface area (Å²) in [7, 11) is -1.35. The second kappa shape index (κ2) is 7.64. The van der Waals surface area contributed by atoms with Gasteiger partial charge in [0.1, 0.15) is 5.09 Å².